The molecule has 2 aromatic carbocycles. The van der Waals surface area contributed by atoms with E-state index >= 15 is 0 Å². The summed E-state index contributed by atoms with van der Waals surface area (Å²) in [6.07, 6.45) is 1.60. The number of thioether (sulfide) groups is 1. The van der Waals surface area contributed by atoms with Crippen molar-refractivity contribution in [1.82, 2.24) is 4.90 Å². The predicted molar refractivity (Wildman–Crippen MR) is 111 cm³/mol. The molecule has 0 aliphatic carbocycles. The van der Waals surface area contributed by atoms with Crippen molar-refractivity contribution in [3.8, 4) is 0 Å². The molecule has 6 nitrogen and oxygen atoms in total. The van der Waals surface area contributed by atoms with Crippen molar-refractivity contribution in [1.29, 1.82) is 0 Å². The molecule has 1 N–H and O–H groups in total. The number of hydrogen-bond donors (Lipinski definition) is 1. The summed E-state index contributed by atoms with van der Waals surface area (Å²) in [5, 5.41) is 3.38. The summed E-state index contributed by atoms with van der Waals surface area (Å²) in [4.78, 5) is 37.6. The maximum Gasteiger partial charge on any atom is 0.337 e. The Morgan fingerprint density at radius 2 is 1.86 bits per heavy atom. The Balaban J connectivity index is 1.69. The van der Waals surface area contributed by atoms with Crippen LogP contribution >= 0.6 is 35.0 Å². The number of anilines is 1. The van der Waals surface area contributed by atoms with E-state index in [0.717, 1.165) is 16.7 Å². The largest absolute Gasteiger partial charge is 0.465 e. The first-order valence-electron chi connectivity index (χ1n) is 8.01. The summed E-state index contributed by atoms with van der Waals surface area (Å²) in [5.41, 5.74) is 1.73. The van der Waals surface area contributed by atoms with Gasteiger partial charge in [-0.2, -0.15) is 0 Å². The molecule has 0 bridgehead atoms. The summed E-state index contributed by atoms with van der Waals surface area (Å²) >= 11 is 12.7. The van der Waals surface area contributed by atoms with Gasteiger partial charge < -0.3 is 10.1 Å². The van der Waals surface area contributed by atoms with Gasteiger partial charge in [0.2, 0.25) is 0 Å². The van der Waals surface area contributed by atoms with Gasteiger partial charge in [-0.05, 0) is 53.7 Å². The number of rotatable bonds is 5. The van der Waals surface area contributed by atoms with Crippen molar-refractivity contribution in [2.75, 3.05) is 19.1 Å². The molecule has 0 atom stereocenters. The first-order valence-corrected chi connectivity index (χ1v) is 9.59. The van der Waals surface area contributed by atoms with E-state index in [9.17, 15) is 14.4 Å². The SMILES string of the molecule is COC(=O)c1ccc(C=C2SC(=O)N(CNc3ccc(Cl)c(Cl)c3)C2=O)cc1. The topological polar surface area (TPSA) is 75.7 Å². The lowest BCUT2D eigenvalue weighted by Gasteiger charge is -2.14. The Bertz CT molecular complexity index is 976. The molecule has 1 fully saturated rings. The molecule has 1 aliphatic rings. The van der Waals surface area contributed by atoms with E-state index in [-0.39, 0.29) is 11.9 Å². The molecule has 28 heavy (non-hydrogen) atoms. The quantitative estimate of drug-likeness (QED) is 0.531. The lowest BCUT2D eigenvalue weighted by Crippen LogP contribution is -2.33. The van der Waals surface area contributed by atoms with Gasteiger partial charge in [-0.1, -0.05) is 35.3 Å². The second-order valence-electron chi connectivity index (χ2n) is 5.69. The van der Waals surface area contributed by atoms with E-state index in [1.165, 1.54) is 7.11 Å². The number of imide groups is 1. The number of carbonyl (C=O) groups is 3. The molecule has 1 heterocycles. The highest BCUT2D eigenvalue weighted by Crippen LogP contribution is 2.32. The van der Waals surface area contributed by atoms with Gasteiger partial charge in [-0.3, -0.25) is 14.5 Å². The third kappa shape index (κ3) is 4.49. The Hall–Kier alpha value is -2.48. The van der Waals surface area contributed by atoms with Crippen LogP contribution in [0.15, 0.2) is 47.4 Å². The number of halogens is 2. The van der Waals surface area contributed by atoms with Gasteiger partial charge in [-0.15, -0.1) is 0 Å². The van der Waals surface area contributed by atoms with E-state index in [1.54, 1.807) is 48.5 Å². The highest BCUT2D eigenvalue weighted by Gasteiger charge is 2.34. The third-order valence-corrected chi connectivity index (χ3v) is 5.51. The third-order valence-electron chi connectivity index (χ3n) is 3.86. The Labute approximate surface area is 175 Å². The van der Waals surface area contributed by atoms with Gasteiger partial charge in [0.1, 0.15) is 0 Å². The fourth-order valence-corrected chi connectivity index (χ4v) is 3.53. The van der Waals surface area contributed by atoms with E-state index in [4.69, 9.17) is 23.2 Å². The first kappa shape index (κ1) is 20.3. The highest BCUT2D eigenvalue weighted by molar-refractivity contribution is 8.18. The minimum absolute atomic E-state index is 0.00124. The smallest absolute Gasteiger partial charge is 0.337 e. The zero-order chi connectivity index (χ0) is 20.3. The monoisotopic (exact) mass is 436 g/mol. The van der Waals surface area contributed by atoms with Crippen LogP contribution in [-0.4, -0.2) is 35.8 Å². The molecule has 9 heteroatoms. The van der Waals surface area contributed by atoms with Crippen LogP contribution in [0.2, 0.25) is 10.0 Å². The van der Waals surface area contributed by atoms with Gasteiger partial charge in [-0.25, -0.2) is 4.79 Å². The van der Waals surface area contributed by atoms with Crippen molar-refractivity contribution in [2.24, 2.45) is 0 Å². The Morgan fingerprint density at radius 1 is 1.14 bits per heavy atom. The van der Waals surface area contributed by atoms with Crippen molar-refractivity contribution in [2.45, 2.75) is 0 Å². The Morgan fingerprint density at radius 3 is 2.50 bits per heavy atom. The fraction of sp³-hybridized carbons (Fsp3) is 0.105. The van der Waals surface area contributed by atoms with Gasteiger partial charge in [0, 0.05) is 5.69 Å². The molecule has 0 aromatic heterocycles. The molecule has 0 radical (unpaired) electrons. The van der Waals surface area contributed by atoms with Crippen LogP contribution in [-0.2, 0) is 9.53 Å². The van der Waals surface area contributed by atoms with Crippen LogP contribution in [0.25, 0.3) is 6.08 Å². The molecule has 144 valence electrons. The number of ether oxygens (including phenoxy) is 1. The van der Waals surface area contributed by atoms with Crippen LogP contribution in [0.1, 0.15) is 15.9 Å². The van der Waals surface area contributed by atoms with Crippen LogP contribution < -0.4 is 5.32 Å². The molecule has 0 unspecified atom stereocenters. The second kappa shape index (κ2) is 8.68. The molecule has 1 aliphatic heterocycles. The van der Waals surface area contributed by atoms with E-state index in [2.05, 4.69) is 10.1 Å². The number of carbonyl (C=O) groups excluding carboxylic acids is 3. The van der Waals surface area contributed by atoms with E-state index in [1.807, 2.05) is 0 Å². The van der Waals surface area contributed by atoms with E-state index in [0.29, 0.717) is 31.8 Å². The highest BCUT2D eigenvalue weighted by atomic mass is 35.5. The number of esters is 1. The minimum Gasteiger partial charge on any atom is -0.465 e. The molecule has 2 amide bonds. The molecule has 3 rings (SSSR count). The lowest BCUT2D eigenvalue weighted by atomic mass is 10.1. The van der Waals surface area contributed by atoms with Crippen molar-refractivity contribution >= 4 is 63.8 Å². The number of nitrogens with zero attached hydrogens (tertiary/aromatic N) is 1. The van der Waals surface area contributed by atoms with Crippen molar-refractivity contribution < 1.29 is 19.1 Å². The molecule has 0 spiro atoms. The van der Waals surface area contributed by atoms with Gasteiger partial charge in [0.25, 0.3) is 11.1 Å². The molecule has 0 saturated carbocycles. The Kier molecular flexibility index (Phi) is 6.28. The van der Waals surface area contributed by atoms with Gasteiger partial charge in [0.15, 0.2) is 0 Å². The first-order chi connectivity index (χ1) is 13.4. The number of hydrogen-bond acceptors (Lipinski definition) is 6. The predicted octanol–water partition coefficient (Wildman–Crippen LogP) is 4.89. The average Bonchev–Trinajstić information content (AvgIpc) is 2.95. The van der Waals surface area contributed by atoms with Crippen LogP contribution in [0, 0.1) is 0 Å². The number of benzene rings is 2. The lowest BCUT2D eigenvalue weighted by molar-refractivity contribution is -0.122. The molecule has 2 aromatic rings. The number of nitrogens with one attached hydrogen (secondary N) is 1. The molecule has 1 saturated heterocycles. The maximum atomic E-state index is 12.5. The average molecular weight is 437 g/mol. The molecular formula is C19H14Cl2N2O4S. The summed E-state index contributed by atoms with van der Waals surface area (Å²) in [6.45, 7) is 0.00124. The zero-order valence-electron chi connectivity index (χ0n) is 14.6. The standard InChI is InChI=1S/C19H14Cl2N2O4S/c1-27-18(25)12-4-2-11(3-5-12)8-16-17(24)23(19(26)28-16)10-22-13-6-7-14(20)15(21)9-13/h2-9,22H,10H2,1H3. The maximum absolute atomic E-state index is 12.5. The van der Waals surface area contributed by atoms with Crippen LogP contribution in [0.3, 0.4) is 0 Å². The van der Waals surface area contributed by atoms with Crippen LogP contribution in [0.4, 0.5) is 10.5 Å². The number of amides is 2. The fourth-order valence-electron chi connectivity index (χ4n) is 2.40. The minimum atomic E-state index is -0.444. The van der Waals surface area contributed by atoms with Gasteiger partial charge >= 0.3 is 5.97 Å². The van der Waals surface area contributed by atoms with Crippen molar-refractivity contribution in [3.63, 3.8) is 0 Å². The summed E-state index contributed by atoms with van der Waals surface area (Å²) in [7, 11) is 1.30. The van der Waals surface area contributed by atoms with Crippen molar-refractivity contribution in [3.05, 3.63) is 68.5 Å². The van der Waals surface area contributed by atoms with Crippen LogP contribution in [0.5, 0.6) is 0 Å². The number of methoxy groups -OCH3 is 1. The molecular weight excluding hydrogens is 423 g/mol. The summed E-state index contributed by atoms with van der Waals surface area (Å²) in [5.74, 6) is -0.847. The summed E-state index contributed by atoms with van der Waals surface area (Å²) < 4.78 is 4.65. The summed E-state index contributed by atoms with van der Waals surface area (Å²) in [6, 6.07) is 11.5. The zero-order valence-corrected chi connectivity index (χ0v) is 16.9. The second-order valence-corrected chi connectivity index (χ2v) is 7.49. The van der Waals surface area contributed by atoms with Gasteiger partial charge in [0.05, 0.1) is 34.3 Å². The van der Waals surface area contributed by atoms with E-state index < -0.39 is 11.9 Å². The normalized spacial score (nSPS) is 15.2.